The van der Waals surface area contributed by atoms with Gasteiger partial charge in [-0.3, -0.25) is 0 Å². The third-order valence-electron chi connectivity index (χ3n) is 10.1. The minimum atomic E-state index is -0.590. The molecular formula is C46H48O4. The summed E-state index contributed by atoms with van der Waals surface area (Å²) >= 11 is 0. The molecule has 2 bridgehead atoms. The highest BCUT2D eigenvalue weighted by atomic mass is 16.6. The van der Waals surface area contributed by atoms with Gasteiger partial charge in [-0.2, -0.15) is 0 Å². The fourth-order valence-corrected chi connectivity index (χ4v) is 7.43. The number of carbonyl (C=O) groups is 2. The molecule has 0 heterocycles. The van der Waals surface area contributed by atoms with Crippen molar-refractivity contribution in [3.63, 3.8) is 0 Å². The van der Waals surface area contributed by atoms with E-state index in [4.69, 9.17) is 9.47 Å². The molecule has 4 nitrogen and oxygen atoms in total. The Morgan fingerprint density at radius 3 is 2.06 bits per heavy atom. The summed E-state index contributed by atoms with van der Waals surface area (Å²) in [5.74, 6) is -0.522. The third kappa shape index (κ3) is 7.91. The summed E-state index contributed by atoms with van der Waals surface area (Å²) in [7, 11) is 0. The van der Waals surface area contributed by atoms with Gasteiger partial charge in [-0.05, 0) is 121 Å². The van der Waals surface area contributed by atoms with E-state index in [0.29, 0.717) is 11.3 Å². The van der Waals surface area contributed by atoms with E-state index in [0.717, 1.165) is 61.6 Å². The van der Waals surface area contributed by atoms with Gasteiger partial charge in [0.1, 0.15) is 11.4 Å². The van der Waals surface area contributed by atoms with E-state index >= 15 is 0 Å². The second-order valence-electron chi connectivity index (χ2n) is 14.6. The van der Waals surface area contributed by atoms with Crippen molar-refractivity contribution in [3.05, 3.63) is 149 Å². The molecule has 5 aromatic carbocycles. The Bertz CT molecular complexity index is 1970. The van der Waals surface area contributed by atoms with Crippen LogP contribution in [-0.4, -0.2) is 17.5 Å². The molecule has 0 radical (unpaired) electrons. The Balaban J connectivity index is 1.29. The molecule has 0 fully saturated rings. The molecule has 7 rings (SSSR count). The first kappa shape index (κ1) is 34.9. The van der Waals surface area contributed by atoms with Gasteiger partial charge >= 0.3 is 11.9 Å². The summed E-state index contributed by atoms with van der Waals surface area (Å²) in [5, 5.41) is 0. The highest BCUT2D eigenvalue weighted by molar-refractivity contribution is 5.96. The van der Waals surface area contributed by atoms with Crippen LogP contribution in [0.2, 0.25) is 0 Å². The van der Waals surface area contributed by atoms with Crippen LogP contribution in [0.3, 0.4) is 0 Å². The van der Waals surface area contributed by atoms with Gasteiger partial charge in [0, 0.05) is 5.56 Å². The van der Waals surface area contributed by atoms with E-state index in [1.54, 1.807) is 24.3 Å². The van der Waals surface area contributed by atoms with Crippen molar-refractivity contribution < 1.29 is 19.1 Å². The molecule has 0 saturated heterocycles. The van der Waals surface area contributed by atoms with Crippen molar-refractivity contribution >= 4 is 11.9 Å². The van der Waals surface area contributed by atoms with Crippen LogP contribution in [0.4, 0.5) is 0 Å². The van der Waals surface area contributed by atoms with Crippen LogP contribution in [-0.2, 0) is 23.0 Å². The minimum absolute atomic E-state index is 0.120. The lowest BCUT2D eigenvalue weighted by Gasteiger charge is -2.32. The molecule has 1 atom stereocenters. The van der Waals surface area contributed by atoms with Gasteiger partial charge in [0.05, 0.1) is 11.1 Å². The average molecular weight is 665 g/mol. The maximum Gasteiger partial charge on any atom is 0.343 e. The molecule has 0 saturated carbocycles. The first-order valence-electron chi connectivity index (χ1n) is 18.0. The highest BCUT2D eigenvalue weighted by Crippen LogP contribution is 2.42. The van der Waals surface area contributed by atoms with Crippen molar-refractivity contribution in [1.82, 2.24) is 0 Å². The number of rotatable bonds is 11. The predicted octanol–water partition coefficient (Wildman–Crippen LogP) is 11.6. The van der Waals surface area contributed by atoms with Crippen molar-refractivity contribution in [2.24, 2.45) is 0 Å². The van der Waals surface area contributed by atoms with Crippen molar-refractivity contribution in [3.8, 4) is 28.0 Å². The third-order valence-corrected chi connectivity index (χ3v) is 10.1. The Morgan fingerprint density at radius 1 is 0.700 bits per heavy atom. The molecule has 2 aliphatic carbocycles. The van der Waals surface area contributed by atoms with E-state index in [9.17, 15) is 9.59 Å². The van der Waals surface area contributed by atoms with Crippen LogP contribution < -0.4 is 4.74 Å². The van der Waals surface area contributed by atoms with E-state index in [1.165, 1.54) is 27.8 Å². The molecule has 0 aromatic heterocycles. The normalized spacial score (nSPS) is 15.4. The summed E-state index contributed by atoms with van der Waals surface area (Å²) in [4.78, 5) is 26.5. The molecule has 1 unspecified atom stereocenters. The maximum atomic E-state index is 13.5. The van der Waals surface area contributed by atoms with Gasteiger partial charge in [-0.15, -0.1) is 0 Å². The molecule has 5 aromatic rings. The molecule has 0 N–H and O–H groups in total. The minimum Gasteiger partial charge on any atom is -0.456 e. The molecule has 0 aliphatic heterocycles. The molecule has 2 aliphatic rings. The molecule has 0 spiro atoms. The van der Waals surface area contributed by atoms with Gasteiger partial charge in [0.2, 0.25) is 0 Å². The van der Waals surface area contributed by atoms with Crippen molar-refractivity contribution in [1.29, 1.82) is 0 Å². The monoisotopic (exact) mass is 664 g/mol. The van der Waals surface area contributed by atoms with Crippen LogP contribution in [0.1, 0.15) is 110 Å². The van der Waals surface area contributed by atoms with Crippen LogP contribution in [0.15, 0.2) is 115 Å². The number of fused-ring (bicyclic) bond motifs is 4. The number of aryl methyl sites for hydroxylation is 1. The Labute approximate surface area is 297 Å². The first-order chi connectivity index (χ1) is 24.1. The molecule has 0 amide bonds. The van der Waals surface area contributed by atoms with E-state index in [-0.39, 0.29) is 11.0 Å². The topological polar surface area (TPSA) is 52.6 Å². The quantitative estimate of drug-likeness (QED) is 0.104. The van der Waals surface area contributed by atoms with Gasteiger partial charge in [0.15, 0.2) is 0 Å². The van der Waals surface area contributed by atoms with Crippen molar-refractivity contribution in [2.45, 2.75) is 90.6 Å². The summed E-state index contributed by atoms with van der Waals surface area (Å²) in [5.41, 5.74) is 9.71. The summed E-state index contributed by atoms with van der Waals surface area (Å²) in [6, 6.07) is 38.7. The van der Waals surface area contributed by atoms with E-state index in [2.05, 4.69) is 69.3 Å². The lowest BCUT2D eigenvalue weighted by atomic mass is 9.72. The zero-order valence-electron chi connectivity index (χ0n) is 30.1. The number of hydrogen-bond donors (Lipinski definition) is 0. The number of esters is 2. The summed E-state index contributed by atoms with van der Waals surface area (Å²) in [6.07, 6.45) is 6.92. The smallest absolute Gasteiger partial charge is 0.343 e. The number of hydrogen-bond acceptors (Lipinski definition) is 4. The van der Waals surface area contributed by atoms with E-state index < -0.39 is 17.5 Å². The zero-order valence-corrected chi connectivity index (χ0v) is 30.1. The number of carbonyl (C=O) groups excluding carboxylic acids is 2. The average Bonchev–Trinajstić information content (AvgIpc) is 3.20. The standard InChI is InChI=1S/C46H48O4/c1-6-25-45(3,4)50-44(48)38-15-11-14-37(31-38)43(47)49-42-23-19-34(30-40(42)35-12-9-8-10-13-35)28-33-18-22-41-39(29-33)36-20-16-32(17-21-36)24-27-46(41,5)26-7-2/h8-23,29-31H,6-7,24-28H2,1-5H3. The van der Waals surface area contributed by atoms with Crippen molar-refractivity contribution in [2.75, 3.05) is 0 Å². The van der Waals surface area contributed by atoms with Crippen LogP contribution >= 0.6 is 0 Å². The lowest BCUT2D eigenvalue weighted by Crippen LogP contribution is -2.28. The zero-order chi connectivity index (χ0) is 35.3. The second kappa shape index (κ2) is 14.9. The highest BCUT2D eigenvalue weighted by Gasteiger charge is 2.30. The van der Waals surface area contributed by atoms with E-state index in [1.807, 2.05) is 56.3 Å². The Kier molecular flexibility index (Phi) is 10.4. The molecule has 4 heteroatoms. The summed E-state index contributed by atoms with van der Waals surface area (Å²) < 4.78 is 11.8. The lowest BCUT2D eigenvalue weighted by molar-refractivity contribution is -0.00473. The second-order valence-corrected chi connectivity index (χ2v) is 14.6. The van der Waals surface area contributed by atoms with Gasteiger partial charge in [-0.1, -0.05) is 119 Å². The number of benzene rings is 5. The maximum absolute atomic E-state index is 13.5. The molecular weight excluding hydrogens is 617 g/mol. The van der Waals surface area contributed by atoms with Crippen LogP contribution in [0.25, 0.3) is 22.3 Å². The van der Waals surface area contributed by atoms with Gasteiger partial charge in [0.25, 0.3) is 0 Å². The summed E-state index contributed by atoms with van der Waals surface area (Å²) in [6.45, 7) is 10.6. The Hall–Kier alpha value is -4.96. The molecule has 50 heavy (non-hydrogen) atoms. The first-order valence-corrected chi connectivity index (χ1v) is 18.0. The van der Waals surface area contributed by atoms with Gasteiger partial charge < -0.3 is 9.47 Å². The Morgan fingerprint density at radius 2 is 1.36 bits per heavy atom. The van der Waals surface area contributed by atoms with Gasteiger partial charge in [-0.25, -0.2) is 9.59 Å². The predicted molar refractivity (Wildman–Crippen MR) is 203 cm³/mol. The number of ether oxygens (including phenoxy) is 2. The van der Waals surface area contributed by atoms with Crippen LogP contribution in [0, 0.1) is 0 Å². The van der Waals surface area contributed by atoms with Crippen LogP contribution in [0.5, 0.6) is 5.75 Å². The molecule has 256 valence electrons. The largest absolute Gasteiger partial charge is 0.456 e. The fraction of sp³-hybridized carbons (Fsp3) is 0.304. The SMILES string of the molecule is CCCC(C)(C)OC(=O)c1cccc(C(=O)Oc2ccc(Cc3ccc4c(c3)-c3ccc(cc3)CCC4(C)CCC)cc2-c2ccccc2)c1. The fourth-order valence-electron chi connectivity index (χ4n) is 7.43.